The molecule has 0 bridgehead atoms. The number of aromatic nitrogens is 2. The first kappa shape index (κ1) is 24.2. The zero-order valence-corrected chi connectivity index (χ0v) is 21.1. The Balaban J connectivity index is 1.44. The van der Waals surface area contributed by atoms with Crippen LogP contribution in [0, 0.1) is 6.92 Å². The summed E-state index contributed by atoms with van der Waals surface area (Å²) < 4.78 is 5.50. The fourth-order valence-electron chi connectivity index (χ4n) is 4.18. The lowest BCUT2D eigenvalue weighted by Gasteiger charge is -2.33. The summed E-state index contributed by atoms with van der Waals surface area (Å²) in [6.07, 6.45) is 11.5. The Morgan fingerprint density at radius 3 is 2.62 bits per heavy atom. The van der Waals surface area contributed by atoms with Crippen LogP contribution in [-0.4, -0.2) is 47.2 Å². The van der Waals surface area contributed by atoms with Crippen LogP contribution < -0.4 is 10.6 Å². The Hall–Kier alpha value is -2.96. The molecule has 2 heterocycles. The summed E-state index contributed by atoms with van der Waals surface area (Å²) in [5, 5.41) is 6.87. The third-order valence-electron chi connectivity index (χ3n) is 6.44. The summed E-state index contributed by atoms with van der Waals surface area (Å²) >= 11 is 0. The molecule has 180 valence electrons. The average Bonchev–Trinajstić information content (AvgIpc) is 3.06. The van der Waals surface area contributed by atoms with E-state index in [2.05, 4.69) is 96.8 Å². The number of benzene rings is 1. The Morgan fingerprint density at radius 2 is 1.85 bits per heavy atom. The molecule has 0 spiro atoms. The van der Waals surface area contributed by atoms with E-state index in [1.807, 2.05) is 13.1 Å². The second-order valence-corrected chi connectivity index (χ2v) is 10.1. The van der Waals surface area contributed by atoms with Gasteiger partial charge in [-0.1, -0.05) is 51.1 Å². The van der Waals surface area contributed by atoms with Gasteiger partial charge in [0.25, 0.3) is 0 Å². The first-order valence-electron chi connectivity index (χ1n) is 12.2. The minimum Gasteiger partial charge on any atom is -0.379 e. The molecule has 1 atom stereocenters. The van der Waals surface area contributed by atoms with E-state index in [1.165, 1.54) is 11.1 Å². The van der Waals surface area contributed by atoms with Crippen molar-refractivity contribution in [1.29, 1.82) is 0 Å². The van der Waals surface area contributed by atoms with Crippen molar-refractivity contribution in [3.8, 4) is 0 Å². The number of rotatable bonds is 6. The average molecular weight is 460 g/mol. The maximum Gasteiger partial charge on any atom is 0.229 e. The fourth-order valence-corrected chi connectivity index (χ4v) is 4.18. The first-order chi connectivity index (χ1) is 16.3. The maximum absolute atomic E-state index is 5.50. The van der Waals surface area contributed by atoms with Crippen molar-refractivity contribution in [3.05, 3.63) is 77.2 Å². The summed E-state index contributed by atoms with van der Waals surface area (Å²) in [6, 6.07) is 8.89. The molecule has 1 fully saturated rings. The lowest BCUT2D eigenvalue weighted by molar-refractivity contribution is 0.0273. The molecule has 2 N–H and O–H groups in total. The molecular formula is C28H37N5O. The molecule has 0 saturated carbocycles. The van der Waals surface area contributed by atoms with Crippen molar-refractivity contribution in [2.45, 2.75) is 52.5 Å². The van der Waals surface area contributed by atoms with Gasteiger partial charge in [-0.2, -0.15) is 4.98 Å². The summed E-state index contributed by atoms with van der Waals surface area (Å²) in [5.74, 6) is 1.39. The molecule has 1 aromatic heterocycles. The number of ether oxygens (including phenoxy) is 1. The summed E-state index contributed by atoms with van der Waals surface area (Å²) in [6.45, 7) is 14.6. The Kier molecular flexibility index (Phi) is 7.49. The molecular weight excluding hydrogens is 422 g/mol. The van der Waals surface area contributed by atoms with E-state index in [-0.39, 0.29) is 5.41 Å². The van der Waals surface area contributed by atoms with Crippen LogP contribution >= 0.6 is 0 Å². The smallest absolute Gasteiger partial charge is 0.229 e. The lowest BCUT2D eigenvalue weighted by Crippen LogP contribution is -2.42. The van der Waals surface area contributed by atoms with Crippen LogP contribution in [0.4, 0.5) is 17.5 Å². The largest absolute Gasteiger partial charge is 0.379 e. The Morgan fingerprint density at radius 1 is 1.06 bits per heavy atom. The predicted molar refractivity (Wildman–Crippen MR) is 141 cm³/mol. The normalized spacial score (nSPS) is 18.0. The van der Waals surface area contributed by atoms with Crippen LogP contribution in [-0.2, 0) is 10.2 Å². The van der Waals surface area contributed by atoms with Gasteiger partial charge in [-0.25, -0.2) is 4.98 Å². The predicted octanol–water partition coefficient (Wildman–Crippen LogP) is 5.73. The summed E-state index contributed by atoms with van der Waals surface area (Å²) in [7, 11) is 0. The molecule has 2 aromatic rings. The molecule has 1 unspecified atom stereocenters. The van der Waals surface area contributed by atoms with E-state index in [0.717, 1.165) is 55.5 Å². The third-order valence-corrected chi connectivity index (χ3v) is 6.44. The van der Waals surface area contributed by atoms with Crippen LogP contribution in [0.25, 0.3) is 0 Å². The van der Waals surface area contributed by atoms with E-state index in [9.17, 15) is 0 Å². The van der Waals surface area contributed by atoms with Gasteiger partial charge in [-0.3, -0.25) is 4.90 Å². The van der Waals surface area contributed by atoms with Crippen LogP contribution in [0.2, 0.25) is 0 Å². The monoisotopic (exact) mass is 459 g/mol. The van der Waals surface area contributed by atoms with Crippen molar-refractivity contribution >= 4 is 17.5 Å². The van der Waals surface area contributed by atoms with Gasteiger partial charge < -0.3 is 15.4 Å². The number of nitrogens with zero attached hydrogens (tertiary/aromatic N) is 3. The molecule has 0 radical (unpaired) electrons. The Labute approximate surface area is 203 Å². The lowest BCUT2D eigenvalue weighted by atomic mass is 9.87. The second kappa shape index (κ2) is 10.5. The minimum atomic E-state index is 0.0928. The molecule has 4 rings (SSSR count). The quantitative estimate of drug-likeness (QED) is 0.575. The van der Waals surface area contributed by atoms with Gasteiger partial charge in [0, 0.05) is 42.3 Å². The number of anilines is 3. The van der Waals surface area contributed by atoms with Crippen molar-refractivity contribution < 1.29 is 4.74 Å². The number of allylic oxidation sites excluding steroid dienone is 3. The van der Waals surface area contributed by atoms with Crippen molar-refractivity contribution in [1.82, 2.24) is 14.9 Å². The van der Waals surface area contributed by atoms with Crippen molar-refractivity contribution in [2.75, 3.05) is 36.9 Å². The highest BCUT2D eigenvalue weighted by Gasteiger charge is 2.19. The van der Waals surface area contributed by atoms with Crippen molar-refractivity contribution in [3.63, 3.8) is 0 Å². The van der Waals surface area contributed by atoms with Crippen LogP contribution in [0.3, 0.4) is 0 Å². The van der Waals surface area contributed by atoms with Gasteiger partial charge in [0.2, 0.25) is 5.95 Å². The van der Waals surface area contributed by atoms with Gasteiger partial charge >= 0.3 is 0 Å². The molecule has 2 aliphatic rings. The van der Waals surface area contributed by atoms with Crippen LogP contribution in [0.15, 0.2) is 66.0 Å². The standard InChI is InChI=1S/C28H37N5O/c1-20-19-29-27(32-26(20)30-25-11-7-9-23(18-25)28(3,4)5)31-24-10-6-8-22(12-13-24)21(2)33-14-16-34-17-15-33/h7-13,18-19,21H,6,14-17H2,1-5H3,(H2,29,30,31,32). The van der Waals surface area contributed by atoms with E-state index in [0.29, 0.717) is 12.0 Å². The van der Waals surface area contributed by atoms with Crippen molar-refractivity contribution in [2.24, 2.45) is 0 Å². The molecule has 1 aliphatic carbocycles. The second-order valence-electron chi connectivity index (χ2n) is 10.1. The summed E-state index contributed by atoms with van der Waals surface area (Å²) in [5.41, 5.74) is 5.74. The number of morpholine rings is 1. The van der Waals surface area contributed by atoms with Crippen LogP contribution in [0.5, 0.6) is 0 Å². The highest BCUT2D eigenvalue weighted by molar-refractivity contribution is 5.61. The molecule has 1 saturated heterocycles. The van der Waals surface area contributed by atoms with Crippen LogP contribution in [0.1, 0.15) is 45.2 Å². The number of hydrogen-bond acceptors (Lipinski definition) is 6. The highest BCUT2D eigenvalue weighted by atomic mass is 16.5. The number of hydrogen-bond donors (Lipinski definition) is 2. The molecule has 1 aliphatic heterocycles. The van der Waals surface area contributed by atoms with Gasteiger partial charge in [0.15, 0.2) is 0 Å². The summed E-state index contributed by atoms with van der Waals surface area (Å²) in [4.78, 5) is 11.8. The van der Waals surface area contributed by atoms with Gasteiger partial charge in [0.1, 0.15) is 5.82 Å². The zero-order chi connectivity index (χ0) is 24.1. The first-order valence-corrected chi connectivity index (χ1v) is 12.2. The number of aryl methyl sites for hydroxylation is 1. The fraction of sp³-hybridized carbons (Fsp3) is 0.429. The molecule has 6 heteroatoms. The molecule has 6 nitrogen and oxygen atoms in total. The van der Waals surface area contributed by atoms with Gasteiger partial charge in [0.05, 0.1) is 13.2 Å². The Bertz CT molecular complexity index is 1090. The van der Waals surface area contributed by atoms with E-state index >= 15 is 0 Å². The van der Waals surface area contributed by atoms with E-state index < -0.39 is 0 Å². The molecule has 34 heavy (non-hydrogen) atoms. The maximum atomic E-state index is 5.50. The third kappa shape index (κ3) is 6.13. The van der Waals surface area contributed by atoms with E-state index in [4.69, 9.17) is 9.72 Å². The van der Waals surface area contributed by atoms with Gasteiger partial charge in [-0.15, -0.1) is 0 Å². The number of nitrogens with one attached hydrogen (secondary N) is 2. The SMILES string of the molecule is Cc1cnc(NC2=CCC=C(C(C)N3CCOCC3)C=C2)nc1Nc1cccc(C(C)(C)C)c1. The molecule has 0 amide bonds. The van der Waals surface area contributed by atoms with Gasteiger partial charge in [-0.05, 0) is 55.0 Å². The topological polar surface area (TPSA) is 62.3 Å². The zero-order valence-electron chi connectivity index (χ0n) is 21.1. The molecule has 1 aromatic carbocycles. The highest BCUT2D eigenvalue weighted by Crippen LogP contribution is 2.27. The van der Waals surface area contributed by atoms with E-state index in [1.54, 1.807) is 0 Å². The minimum absolute atomic E-state index is 0.0928.